The maximum atomic E-state index is 14.4. The van der Waals surface area contributed by atoms with Crippen molar-refractivity contribution in [2.45, 2.75) is 33.0 Å². The number of imidazole rings is 1. The van der Waals surface area contributed by atoms with Crippen LogP contribution >= 0.6 is 0 Å². The number of rotatable bonds is 7. The Bertz CT molecular complexity index is 1280. The lowest BCUT2D eigenvalue weighted by molar-refractivity contribution is 0.279. The van der Waals surface area contributed by atoms with Crippen molar-refractivity contribution in [3.63, 3.8) is 0 Å². The van der Waals surface area contributed by atoms with Crippen molar-refractivity contribution in [3.05, 3.63) is 70.2 Å². The summed E-state index contributed by atoms with van der Waals surface area (Å²) < 4.78 is 40.4. The van der Waals surface area contributed by atoms with Crippen LogP contribution in [0, 0.1) is 5.82 Å². The summed E-state index contributed by atoms with van der Waals surface area (Å²) in [6.45, 7) is 3.72. The summed E-state index contributed by atoms with van der Waals surface area (Å²) in [5.41, 5.74) is 2.33. The van der Waals surface area contributed by atoms with Crippen molar-refractivity contribution < 1.29 is 17.9 Å². The molecule has 0 atom stereocenters. The van der Waals surface area contributed by atoms with Crippen molar-refractivity contribution in [2.24, 2.45) is 0 Å². The van der Waals surface area contributed by atoms with Gasteiger partial charge in [-0.05, 0) is 24.1 Å². The van der Waals surface area contributed by atoms with Gasteiger partial charge in [0.05, 0.1) is 35.6 Å². The molecule has 0 radical (unpaired) electrons. The summed E-state index contributed by atoms with van der Waals surface area (Å²) in [5.74, 6) is -0.302. The van der Waals surface area contributed by atoms with Gasteiger partial charge in [-0.25, -0.2) is 22.6 Å². The molecule has 0 spiro atoms. The molecule has 0 amide bonds. The highest BCUT2D eigenvalue weighted by molar-refractivity contribution is 7.91. The zero-order valence-electron chi connectivity index (χ0n) is 18.4. The van der Waals surface area contributed by atoms with E-state index in [0.717, 1.165) is 17.5 Å². The first kappa shape index (κ1) is 23.2. The summed E-state index contributed by atoms with van der Waals surface area (Å²) in [6.07, 6.45) is 2.18. The van der Waals surface area contributed by atoms with Gasteiger partial charge in [-0.15, -0.1) is 0 Å². The van der Waals surface area contributed by atoms with Gasteiger partial charge < -0.3 is 5.11 Å². The zero-order valence-corrected chi connectivity index (χ0v) is 19.3. The van der Waals surface area contributed by atoms with Crippen LogP contribution in [0.5, 0.6) is 5.88 Å². The van der Waals surface area contributed by atoms with E-state index < -0.39 is 15.7 Å². The number of halogens is 1. The maximum absolute atomic E-state index is 14.4. The maximum Gasteiger partial charge on any atom is 0.331 e. The lowest BCUT2D eigenvalue weighted by Gasteiger charge is -2.26. The molecule has 33 heavy (non-hydrogen) atoms. The van der Waals surface area contributed by atoms with Gasteiger partial charge in [-0.2, -0.15) is 0 Å². The smallest absolute Gasteiger partial charge is 0.331 e. The van der Waals surface area contributed by atoms with Gasteiger partial charge in [0.2, 0.25) is 5.88 Å². The predicted molar refractivity (Wildman–Crippen MR) is 123 cm³/mol. The first-order valence-corrected chi connectivity index (χ1v) is 12.7. The molecule has 10 heteroatoms. The van der Waals surface area contributed by atoms with E-state index in [4.69, 9.17) is 0 Å². The van der Waals surface area contributed by atoms with E-state index in [1.165, 1.54) is 21.4 Å². The molecule has 1 saturated heterocycles. The Kier molecular flexibility index (Phi) is 6.66. The number of aromatic hydroxyl groups is 1. The number of benzene rings is 1. The fraction of sp³-hybridized carbons (Fsp3) is 0.391. The van der Waals surface area contributed by atoms with Crippen LogP contribution in [0.4, 0.5) is 4.39 Å². The van der Waals surface area contributed by atoms with Gasteiger partial charge in [0.15, 0.2) is 9.84 Å². The largest absolute Gasteiger partial charge is 0.493 e. The second kappa shape index (κ2) is 9.48. The van der Waals surface area contributed by atoms with Crippen LogP contribution in [0.3, 0.4) is 0 Å². The highest BCUT2D eigenvalue weighted by Crippen LogP contribution is 2.21. The minimum Gasteiger partial charge on any atom is -0.493 e. The first-order chi connectivity index (χ1) is 15.8. The van der Waals surface area contributed by atoms with E-state index in [2.05, 4.69) is 4.98 Å². The lowest BCUT2D eigenvalue weighted by Crippen LogP contribution is -2.40. The number of nitrogens with zero attached hydrogens (tertiary/aromatic N) is 4. The molecule has 0 bridgehead atoms. The third-order valence-corrected chi connectivity index (χ3v) is 7.41. The normalized spacial score (nSPS) is 16.2. The molecule has 8 nitrogen and oxygen atoms in total. The molecule has 3 aromatic rings. The second-order valence-electron chi connectivity index (χ2n) is 8.30. The fourth-order valence-electron chi connectivity index (χ4n) is 3.92. The summed E-state index contributed by atoms with van der Waals surface area (Å²) >= 11 is 0. The van der Waals surface area contributed by atoms with Crippen molar-refractivity contribution in [1.29, 1.82) is 0 Å². The number of pyridine rings is 1. The minimum absolute atomic E-state index is 0.0483. The molecule has 2 aromatic heterocycles. The molecule has 0 saturated carbocycles. The van der Waals surface area contributed by atoms with E-state index in [-0.39, 0.29) is 35.3 Å². The summed E-state index contributed by atoms with van der Waals surface area (Å²) in [4.78, 5) is 18.8. The van der Waals surface area contributed by atoms with Crippen molar-refractivity contribution in [3.8, 4) is 17.1 Å². The summed E-state index contributed by atoms with van der Waals surface area (Å²) in [7, 11) is -3.00. The van der Waals surface area contributed by atoms with Gasteiger partial charge in [0.25, 0.3) is 0 Å². The van der Waals surface area contributed by atoms with Crippen LogP contribution < -0.4 is 5.69 Å². The third kappa shape index (κ3) is 5.33. The first-order valence-electron chi connectivity index (χ1n) is 10.9. The average Bonchev–Trinajstić information content (AvgIpc) is 3.05. The molecule has 1 aliphatic rings. The van der Waals surface area contributed by atoms with Crippen LogP contribution in [0.25, 0.3) is 11.3 Å². The van der Waals surface area contributed by atoms with Gasteiger partial charge in [-0.1, -0.05) is 31.2 Å². The summed E-state index contributed by atoms with van der Waals surface area (Å²) in [5, 5.41) is 9.98. The third-order valence-electron chi connectivity index (χ3n) is 5.80. The zero-order chi connectivity index (χ0) is 23.6. The Hall–Kier alpha value is -2.98. The molecule has 3 heterocycles. The molecule has 1 N–H and O–H groups in total. The van der Waals surface area contributed by atoms with E-state index in [9.17, 15) is 22.7 Å². The van der Waals surface area contributed by atoms with Crippen molar-refractivity contribution in [2.75, 3.05) is 24.6 Å². The minimum atomic E-state index is -3.00. The quantitative estimate of drug-likeness (QED) is 0.564. The number of hydrogen-bond acceptors (Lipinski definition) is 6. The topological polar surface area (TPSA) is 97.4 Å². The van der Waals surface area contributed by atoms with Crippen LogP contribution in [0.1, 0.15) is 24.6 Å². The Morgan fingerprint density at radius 1 is 1.06 bits per heavy atom. The molecule has 0 aliphatic carbocycles. The van der Waals surface area contributed by atoms with Gasteiger partial charge in [0.1, 0.15) is 5.82 Å². The lowest BCUT2D eigenvalue weighted by atomic mass is 10.1. The molecular weight excluding hydrogens is 447 g/mol. The number of sulfone groups is 1. The van der Waals surface area contributed by atoms with E-state index in [0.29, 0.717) is 31.9 Å². The molecular formula is C23H27FN4O4S. The monoisotopic (exact) mass is 474 g/mol. The van der Waals surface area contributed by atoms with Gasteiger partial charge >= 0.3 is 5.69 Å². The van der Waals surface area contributed by atoms with E-state index in [1.807, 2.05) is 36.1 Å². The standard InChI is InChI=1S/C23H27FN4O4S/c1-2-9-28-22(29)16-27(23(28)30)14-17-3-5-18(6-4-17)20-8-7-19(24)21(25-20)15-26-10-12-33(31,32)13-11-26/h3-8,16,29H,2,9-15H2,1H3. The van der Waals surface area contributed by atoms with Crippen molar-refractivity contribution in [1.82, 2.24) is 19.0 Å². The molecule has 0 unspecified atom stereocenters. The Morgan fingerprint density at radius 2 is 1.76 bits per heavy atom. The molecule has 1 fully saturated rings. The fourth-order valence-corrected chi connectivity index (χ4v) is 5.20. The van der Waals surface area contributed by atoms with Crippen LogP contribution in [0.15, 0.2) is 47.4 Å². The number of hydrogen-bond donors (Lipinski definition) is 1. The second-order valence-corrected chi connectivity index (χ2v) is 10.6. The van der Waals surface area contributed by atoms with Gasteiger partial charge in [0, 0.05) is 31.7 Å². The Labute approximate surface area is 191 Å². The van der Waals surface area contributed by atoms with Crippen LogP contribution in [-0.4, -0.2) is 57.1 Å². The van der Waals surface area contributed by atoms with E-state index in [1.54, 1.807) is 6.07 Å². The van der Waals surface area contributed by atoms with Crippen LogP contribution in [-0.2, 0) is 29.5 Å². The molecule has 1 aliphatic heterocycles. The molecule has 176 valence electrons. The van der Waals surface area contributed by atoms with Crippen LogP contribution in [0.2, 0.25) is 0 Å². The Morgan fingerprint density at radius 3 is 2.42 bits per heavy atom. The van der Waals surface area contributed by atoms with E-state index >= 15 is 0 Å². The highest BCUT2D eigenvalue weighted by atomic mass is 32.2. The Balaban J connectivity index is 1.48. The summed E-state index contributed by atoms with van der Waals surface area (Å²) in [6, 6.07) is 10.5. The van der Waals surface area contributed by atoms with Gasteiger partial charge in [-0.3, -0.25) is 14.0 Å². The number of aromatic nitrogens is 3. The average molecular weight is 475 g/mol. The predicted octanol–water partition coefficient (Wildman–Crippen LogP) is 2.25. The molecule has 4 rings (SSSR count). The SMILES string of the molecule is CCCn1c(O)cn(Cc2ccc(-c3ccc(F)c(CN4CCS(=O)(=O)CC4)n3)cc2)c1=O. The van der Waals surface area contributed by atoms with Crippen molar-refractivity contribution >= 4 is 9.84 Å². The molecule has 1 aromatic carbocycles. The highest BCUT2D eigenvalue weighted by Gasteiger charge is 2.23.